The molecule has 102 valence electrons. The Hall–Kier alpha value is -1.10. The monoisotopic (exact) mass is 253 g/mol. The molecule has 5 heteroatoms. The molecular weight excluding hydrogens is 230 g/mol. The summed E-state index contributed by atoms with van der Waals surface area (Å²) in [5, 5.41) is 4.01. The van der Waals surface area contributed by atoms with Gasteiger partial charge in [-0.25, -0.2) is 0 Å². The maximum absolute atomic E-state index is 5.40. The minimum atomic E-state index is 0.313. The SMILES string of the molecule is CO[C@@H](C)C1CCN(c2nc(C(C)C)no2)CC1. The Labute approximate surface area is 108 Å². The molecule has 0 unspecified atom stereocenters. The molecule has 0 amide bonds. The van der Waals surface area contributed by atoms with E-state index in [2.05, 4.69) is 35.8 Å². The number of piperidine rings is 1. The van der Waals surface area contributed by atoms with E-state index in [1.165, 1.54) is 0 Å². The van der Waals surface area contributed by atoms with Gasteiger partial charge in [-0.1, -0.05) is 19.0 Å². The third kappa shape index (κ3) is 2.83. The lowest BCUT2D eigenvalue weighted by molar-refractivity contribution is 0.0559. The molecule has 0 radical (unpaired) electrons. The quantitative estimate of drug-likeness (QED) is 0.825. The number of methoxy groups -OCH3 is 1. The highest BCUT2D eigenvalue weighted by molar-refractivity contribution is 5.26. The number of nitrogens with zero attached hydrogens (tertiary/aromatic N) is 3. The molecule has 1 saturated heterocycles. The first-order chi connectivity index (χ1) is 8.61. The van der Waals surface area contributed by atoms with Crippen molar-refractivity contribution < 1.29 is 9.26 Å². The lowest BCUT2D eigenvalue weighted by Crippen LogP contribution is -2.37. The van der Waals surface area contributed by atoms with Gasteiger partial charge in [-0.2, -0.15) is 4.98 Å². The second kappa shape index (κ2) is 5.69. The number of hydrogen-bond donors (Lipinski definition) is 0. The van der Waals surface area contributed by atoms with E-state index in [4.69, 9.17) is 9.26 Å². The number of rotatable bonds is 4. The van der Waals surface area contributed by atoms with Gasteiger partial charge in [0.15, 0.2) is 5.82 Å². The smallest absolute Gasteiger partial charge is 0.324 e. The first-order valence-corrected chi connectivity index (χ1v) is 6.73. The molecule has 0 saturated carbocycles. The average Bonchev–Trinajstić information content (AvgIpc) is 2.88. The van der Waals surface area contributed by atoms with Crippen molar-refractivity contribution >= 4 is 6.01 Å². The van der Waals surface area contributed by atoms with Crippen LogP contribution in [-0.2, 0) is 4.74 Å². The minimum Gasteiger partial charge on any atom is -0.381 e. The fraction of sp³-hybridized carbons (Fsp3) is 0.846. The fourth-order valence-electron chi connectivity index (χ4n) is 2.34. The average molecular weight is 253 g/mol. The van der Waals surface area contributed by atoms with Crippen molar-refractivity contribution in [3.63, 3.8) is 0 Å². The van der Waals surface area contributed by atoms with E-state index in [9.17, 15) is 0 Å². The Morgan fingerprint density at radius 1 is 1.28 bits per heavy atom. The van der Waals surface area contributed by atoms with Gasteiger partial charge in [-0.05, 0) is 25.7 Å². The third-order valence-electron chi connectivity index (χ3n) is 3.79. The molecule has 1 aliphatic rings. The second-order valence-corrected chi connectivity index (χ2v) is 5.36. The fourth-order valence-corrected chi connectivity index (χ4v) is 2.34. The Morgan fingerprint density at radius 2 is 1.94 bits per heavy atom. The molecular formula is C13H23N3O2. The zero-order chi connectivity index (χ0) is 13.1. The van der Waals surface area contributed by atoms with Crippen LogP contribution in [-0.4, -0.2) is 36.4 Å². The third-order valence-corrected chi connectivity index (χ3v) is 3.79. The van der Waals surface area contributed by atoms with E-state index in [0.717, 1.165) is 31.8 Å². The molecule has 1 aliphatic heterocycles. The van der Waals surface area contributed by atoms with Gasteiger partial charge in [0.05, 0.1) is 6.10 Å². The summed E-state index contributed by atoms with van der Waals surface area (Å²) >= 11 is 0. The lowest BCUT2D eigenvalue weighted by atomic mass is 9.92. The molecule has 18 heavy (non-hydrogen) atoms. The van der Waals surface area contributed by atoms with Crippen molar-refractivity contribution in [2.24, 2.45) is 5.92 Å². The zero-order valence-electron chi connectivity index (χ0n) is 11.7. The molecule has 0 aliphatic carbocycles. The Morgan fingerprint density at radius 3 is 2.44 bits per heavy atom. The van der Waals surface area contributed by atoms with Crippen molar-refractivity contribution in [3.8, 4) is 0 Å². The van der Waals surface area contributed by atoms with Crippen LogP contribution in [0.25, 0.3) is 0 Å². The first-order valence-electron chi connectivity index (χ1n) is 6.73. The summed E-state index contributed by atoms with van der Waals surface area (Å²) < 4.78 is 10.7. The van der Waals surface area contributed by atoms with Crippen LogP contribution in [0.5, 0.6) is 0 Å². The molecule has 1 aromatic rings. The van der Waals surface area contributed by atoms with Crippen LogP contribution < -0.4 is 4.90 Å². The van der Waals surface area contributed by atoms with Crippen molar-refractivity contribution in [2.45, 2.75) is 45.6 Å². The molecule has 1 atom stereocenters. The highest BCUT2D eigenvalue weighted by atomic mass is 16.5. The molecule has 0 N–H and O–H groups in total. The maximum atomic E-state index is 5.40. The Bertz CT molecular complexity index is 370. The van der Waals surface area contributed by atoms with Crippen molar-refractivity contribution in [1.82, 2.24) is 10.1 Å². The number of aromatic nitrogens is 2. The van der Waals surface area contributed by atoms with Crippen LogP contribution in [0.2, 0.25) is 0 Å². The van der Waals surface area contributed by atoms with Crippen LogP contribution in [0, 0.1) is 5.92 Å². The predicted octanol–water partition coefficient (Wildman–Crippen LogP) is 2.44. The molecule has 1 fully saturated rings. The van der Waals surface area contributed by atoms with Crippen LogP contribution in [0.4, 0.5) is 6.01 Å². The van der Waals surface area contributed by atoms with Crippen molar-refractivity contribution in [3.05, 3.63) is 5.82 Å². The van der Waals surface area contributed by atoms with Gasteiger partial charge in [-0.15, -0.1) is 0 Å². The van der Waals surface area contributed by atoms with E-state index < -0.39 is 0 Å². The van der Waals surface area contributed by atoms with Gasteiger partial charge >= 0.3 is 6.01 Å². The van der Waals surface area contributed by atoms with Crippen LogP contribution in [0.1, 0.15) is 45.4 Å². The molecule has 0 aromatic carbocycles. The van der Waals surface area contributed by atoms with E-state index in [0.29, 0.717) is 24.0 Å². The van der Waals surface area contributed by atoms with Gasteiger partial charge in [0.1, 0.15) is 0 Å². The van der Waals surface area contributed by atoms with E-state index in [1.807, 2.05) is 0 Å². The second-order valence-electron chi connectivity index (χ2n) is 5.36. The molecule has 1 aromatic heterocycles. The number of hydrogen-bond acceptors (Lipinski definition) is 5. The topological polar surface area (TPSA) is 51.4 Å². The normalized spacial score (nSPS) is 19.5. The number of anilines is 1. The summed E-state index contributed by atoms with van der Waals surface area (Å²) in [5.41, 5.74) is 0. The van der Waals surface area contributed by atoms with Crippen molar-refractivity contribution in [1.29, 1.82) is 0 Å². The van der Waals surface area contributed by atoms with Gasteiger partial charge < -0.3 is 14.2 Å². The summed E-state index contributed by atoms with van der Waals surface area (Å²) in [7, 11) is 1.78. The van der Waals surface area contributed by atoms with E-state index in [1.54, 1.807) is 7.11 Å². The Kier molecular flexibility index (Phi) is 4.22. The maximum Gasteiger partial charge on any atom is 0.324 e. The molecule has 5 nitrogen and oxygen atoms in total. The van der Waals surface area contributed by atoms with E-state index in [-0.39, 0.29) is 0 Å². The highest BCUT2D eigenvalue weighted by Crippen LogP contribution is 2.26. The van der Waals surface area contributed by atoms with Crippen LogP contribution >= 0.6 is 0 Å². The van der Waals surface area contributed by atoms with Gasteiger partial charge in [0.2, 0.25) is 0 Å². The summed E-state index contributed by atoms with van der Waals surface area (Å²) in [5.74, 6) is 1.74. The predicted molar refractivity (Wildman–Crippen MR) is 69.8 cm³/mol. The summed E-state index contributed by atoms with van der Waals surface area (Å²) in [6.45, 7) is 8.22. The zero-order valence-corrected chi connectivity index (χ0v) is 11.7. The van der Waals surface area contributed by atoms with E-state index >= 15 is 0 Å². The van der Waals surface area contributed by atoms with Gasteiger partial charge in [0.25, 0.3) is 0 Å². The standard InChI is InChI=1S/C13H23N3O2/c1-9(2)12-14-13(18-15-12)16-7-5-11(6-8-16)10(3)17-4/h9-11H,5-8H2,1-4H3/t10-/m0/s1. The first kappa shape index (κ1) is 13.3. The van der Waals surface area contributed by atoms with Crippen LogP contribution in [0.15, 0.2) is 4.52 Å². The molecule has 0 spiro atoms. The highest BCUT2D eigenvalue weighted by Gasteiger charge is 2.26. The summed E-state index contributed by atoms with van der Waals surface area (Å²) in [6.07, 6.45) is 2.57. The van der Waals surface area contributed by atoms with Crippen molar-refractivity contribution in [2.75, 3.05) is 25.1 Å². The van der Waals surface area contributed by atoms with Crippen LogP contribution in [0.3, 0.4) is 0 Å². The molecule has 0 bridgehead atoms. The minimum absolute atomic E-state index is 0.313. The summed E-state index contributed by atoms with van der Waals surface area (Å²) in [4.78, 5) is 6.62. The summed E-state index contributed by atoms with van der Waals surface area (Å²) in [6, 6.07) is 0.669. The van der Waals surface area contributed by atoms with Gasteiger partial charge in [0, 0.05) is 26.1 Å². The molecule has 2 rings (SSSR count). The number of ether oxygens (including phenoxy) is 1. The Balaban J connectivity index is 1.92. The molecule has 2 heterocycles. The largest absolute Gasteiger partial charge is 0.381 e. The lowest BCUT2D eigenvalue weighted by Gasteiger charge is -2.33. The van der Waals surface area contributed by atoms with Gasteiger partial charge in [-0.3, -0.25) is 0 Å².